The lowest BCUT2D eigenvalue weighted by molar-refractivity contribution is 0.0918. The van der Waals surface area contributed by atoms with Gasteiger partial charge in [-0.15, -0.1) is 0 Å². The van der Waals surface area contributed by atoms with Crippen molar-refractivity contribution in [1.29, 1.82) is 0 Å². The highest BCUT2D eigenvalue weighted by molar-refractivity contribution is 5.96. The van der Waals surface area contributed by atoms with Gasteiger partial charge in [0.25, 0.3) is 11.8 Å². The van der Waals surface area contributed by atoms with Gasteiger partial charge >= 0.3 is 0 Å². The summed E-state index contributed by atoms with van der Waals surface area (Å²) in [4.78, 5) is 23.8. The first-order chi connectivity index (χ1) is 10.8. The molecule has 2 rings (SSSR count). The van der Waals surface area contributed by atoms with E-state index in [0.717, 1.165) is 11.1 Å². The standard InChI is InChI=1S/C19H22N2O2/c1-19(2,3)21-18(23)16-7-5-6-15(12-16)13-8-10-14(11-9-13)17(22)20-4/h5-12H,1-4H3,(H,20,22)(H,21,23). The van der Waals surface area contributed by atoms with E-state index in [2.05, 4.69) is 10.6 Å². The first-order valence-electron chi connectivity index (χ1n) is 7.55. The molecular weight excluding hydrogens is 288 g/mol. The topological polar surface area (TPSA) is 58.2 Å². The van der Waals surface area contributed by atoms with Crippen LogP contribution in [0.2, 0.25) is 0 Å². The molecule has 0 aromatic heterocycles. The van der Waals surface area contributed by atoms with Crippen molar-refractivity contribution in [3.63, 3.8) is 0 Å². The zero-order chi connectivity index (χ0) is 17.0. The summed E-state index contributed by atoms with van der Waals surface area (Å²) in [5.41, 5.74) is 2.85. The molecule has 23 heavy (non-hydrogen) atoms. The number of hydrogen-bond donors (Lipinski definition) is 2. The highest BCUT2D eigenvalue weighted by Gasteiger charge is 2.15. The summed E-state index contributed by atoms with van der Waals surface area (Å²) in [5.74, 6) is -0.212. The van der Waals surface area contributed by atoms with Crippen LogP contribution < -0.4 is 10.6 Å². The van der Waals surface area contributed by atoms with Crippen LogP contribution in [0.15, 0.2) is 48.5 Å². The maximum Gasteiger partial charge on any atom is 0.251 e. The predicted molar refractivity (Wildman–Crippen MR) is 92.5 cm³/mol. The third-order valence-corrected chi connectivity index (χ3v) is 3.32. The van der Waals surface area contributed by atoms with Crippen LogP contribution in [-0.4, -0.2) is 24.4 Å². The highest BCUT2D eigenvalue weighted by atomic mass is 16.2. The Hall–Kier alpha value is -2.62. The molecule has 120 valence electrons. The summed E-state index contributed by atoms with van der Waals surface area (Å²) in [6, 6.07) is 14.8. The van der Waals surface area contributed by atoms with E-state index in [4.69, 9.17) is 0 Å². The van der Waals surface area contributed by atoms with E-state index in [1.165, 1.54) is 0 Å². The molecule has 0 aliphatic rings. The predicted octanol–water partition coefficient (Wildman–Crippen LogP) is 3.24. The van der Waals surface area contributed by atoms with Crippen molar-refractivity contribution < 1.29 is 9.59 Å². The van der Waals surface area contributed by atoms with Gasteiger partial charge in [0.05, 0.1) is 0 Å². The Bertz CT molecular complexity index is 713. The maximum absolute atomic E-state index is 12.3. The van der Waals surface area contributed by atoms with Crippen LogP contribution in [0, 0.1) is 0 Å². The number of carbonyl (C=O) groups excluding carboxylic acids is 2. The summed E-state index contributed by atoms with van der Waals surface area (Å²) >= 11 is 0. The molecule has 0 heterocycles. The monoisotopic (exact) mass is 310 g/mol. The lowest BCUT2D eigenvalue weighted by Gasteiger charge is -2.20. The molecule has 0 bridgehead atoms. The summed E-state index contributed by atoms with van der Waals surface area (Å²) in [5, 5.41) is 5.55. The average molecular weight is 310 g/mol. The zero-order valence-corrected chi connectivity index (χ0v) is 13.9. The summed E-state index contributed by atoms with van der Waals surface area (Å²) in [7, 11) is 1.60. The second-order valence-corrected chi connectivity index (χ2v) is 6.44. The Kier molecular flexibility index (Phi) is 4.84. The molecule has 4 heteroatoms. The van der Waals surface area contributed by atoms with Gasteiger partial charge in [-0.2, -0.15) is 0 Å². The lowest BCUT2D eigenvalue weighted by atomic mass is 10.0. The number of nitrogens with one attached hydrogen (secondary N) is 2. The van der Waals surface area contributed by atoms with Crippen molar-refractivity contribution in [2.24, 2.45) is 0 Å². The molecule has 0 radical (unpaired) electrons. The SMILES string of the molecule is CNC(=O)c1ccc(-c2cccc(C(=O)NC(C)(C)C)c2)cc1. The minimum Gasteiger partial charge on any atom is -0.355 e. The molecule has 0 fully saturated rings. The van der Waals surface area contributed by atoms with E-state index in [1.54, 1.807) is 25.2 Å². The molecule has 2 N–H and O–H groups in total. The fraction of sp³-hybridized carbons (Fsp3) is 0.263. The van der Waals surface area contributed by atoms with Gasteiger partial charge in [0, 0.05) is 23.7 Å². The molecular formula is C19H22N2O2. The molecule has 0 unspecified atom stereocenters. The van der Waals surface area contributed by atoms with Gasteiger partial charge in [-0.3, -0.25) is 9.59 Å². The van der Waals surface area contributed by atoms with Crippen LogP contribution in [0.25, 0.3) is 11.1 Å². The highest BCUT2D eigenvalue weighted by Crippen LogP contribution is 2.21. The lowest BCUT2D eigenvalue weighted by Crippen LogP contribution is -2.40. The second kappa shape index (κ2) is 6.65. The number of rotatable bonds is 3. The van der Waals surface area contributed by atoms with Crippen molar-refractivity contribution in [1.82, 2.24) is 10.6 Å². The van der Waals surface area contributed by atoms with Gasteiger partial charge in [0.1, 0.15) is 0 Å². The van der Waals surface area contributed by atoms with E-state index in [0.29, 0.717) is 11.1 Å². The fourth-order valence-corrected chi connectivity index (χ4v) is 2.21. The molecule has 0 saturated carbocycles. The van der Waals surface area contributed by atoms with Crippen LogP contribution in [0.5, 0.6) is 0 Å². The van der Waals surface area contributed by atoms with Crippen molar-refractivity contribution in [3.8, 4) is 11.1 Å². The van der Waals surface area contributed by atoms with Crippen LogP contribution >= 0.6 is 0 Å². The van der Waals surface area contributed by atoms with Crippen molar-refractivity contribution in [3.05, 3.63) is 59.7 Å². The third kappa shape index (κ3) is 4.42. The molecule has 0 saturated heterocycles. The van der Waals surface area contributed by atoms with Gasteiger partial charge in [-0.05, 0) is 56.2 Å². The minimum absolute atomic E-state index is 0.0960. The van der Waals surface area contributed by atoms with Crippen LogP contribution in [0.4, 0.5) is 0 Å². The number of amides is 2. The van der Waals surface area contributed by atoms with Crippen LogP contribution in [-0.2, 0) is 0 Å². The first-order valence-corrected chi connectivity index (χ1v) is 7.55. The van der Waals surface area contributed by atoms with Gasteiger partial charge < -0.3 is 10.6 Å². The van der Waals surface area contributed by atoms with E-state index in [9.17, 15) is 9.59 Å². The minimum atomic E-state index is -0.276. The smallest absolute Gasteiger partial charge is 0.251 e. The van der Waals surface area contributed by atoms with Crippen molar-refractivity contribution in [2.75, 3.05) is 7.05 Å². The second-order valence-electron chi connectivity index (χ2n) is 6.44. The number of hydrogen-bond acceptors (Lipinski definition) is 2. The van der Waals surface area contributed by atoms with Gasteiger partial charge in [-0.1, -0.05) is 24.3 Å². The third-order valence-electron chi connectivity index (χ3n) is 3.32. The van der Waals surface area contributed by atoms with Crippen molar-refractivity contribution in [2.45, 2.75) is 26.3 Å². The summed E-state index contributed by atoms with van der Waals surface area (Å²) in [6.45, 7) is 5.85. The fourth-order valence-electron chi connectivity index (χ4n) is 2.21. The van der Waals surface area contributed by atoms with Gasteiger partial charge in [0.15, 0.2) is 0 Å². The first kappa shape index (κ1) is 16.7. The van der Waals surface area contributed by atoms with Crippen LogP contribution in [0.3, 0.4) is 0 Å². The molecule has 4 nitrogen and oxygen atoms in total. The molecule has 0 atom stereocenters. The van der Waals surface area contributed by atoms with Crippen LogP contribution in [0.1, 0.15) is 41.5 Å². The maximum atomic E-state index is 12.3. The molecule has 0 aliphatic heterocycles. The van der Waals surface area contributed by atoms with E-state index in [1.807, 2.05) is 51.1 Å². The Morgan fingerprint density at radius 1 is 0.826 bits per heavy atom. The molecule has 0 aliphatic carbocycles. The number of benzene rings is 2. The van der Waals surface area contributed by atoms with Crippen molar-refractivity contribution >= 4 is 11.8 Å². The van der Waals surface area contributed by atoms with E-state index in [-0.39, 0.29) is 17.4 Å². The van der Waals surface area contributed by atoms with Gasteiger partial charge in [0.2, 0.25) is 0 Å². The van der Waals surface area contributed by atoms with E-state index < -0.39 is 0 Å². The Morgan fingerprint density at radius 3 is 2.04 bits per heavy atom. The number of carbonyl (C=O) groups is 2. The Labute approximate surface area is 136 Å². The molecule has 2 aromatic carbocycles. The Morgan fingerprint density at radius 2 is 1.48 bits per heavy atom. The average Bonchev–Trinajstić information content (AvgIpc) is 2.53. The zero-order valence-electron chi connectivity index (χ0n) is 13.9. The van der Waals surface area contributed by atoms with E-state index >= 15 is 0 Å². The quantitative estimate of drug-likeness (QED) is 0.914. The molecule has 2 aromatic rings. The molecule has 0 spiro atoms. The Balaban J connectivity index is 2.26. The largest absolute Gasteiger partial charge is 0.355 e. The van der Waals surface area contributed by atoms with Gasteiger partial charge in [-0.25, -0.2) is 0 Å². The normalized spacial score (nSPS) is 11.0. The summed E-state index contributed by atoms with van der Waals surface area (Å²) in [6.07, 6.45) is 0. The molecule has 2 amide bonds. The summed E-state index contributed by atoms with van der Waals surface area (Å²) < 4.78 is 0.